The van der Waals surface area contributed by atoms with Gasteiger partial charge in [-0.05, 0) is 41.3 Å². The average molecular weight is 392 g/mol. The predicted molar refractivity (Wildman–Crippen MR) is 113 cm³/mol. The van der Waals surface area contributed by atoms with E-state index in [0.717, 1.165) is 23.8 Å². The van der Waals surface area contributed by atoms with Gasteiger partial charge in [-0.1, -0.05) is 42.5 Å². The van der Waals surface area contributed by atoms with Crippen LogP contribution in [0, 0.1) is 16.0 Å². The molecule has 0 radical (unpaired) electrons. The van der Waals surface area contributed by atoms with Gasteiger partial charge < -0.3 is 14.8 Å². The number of nitro benzene ring substituents is 1. The normalized spacial score (nSPS) is 20.3. The molecule has 3 aromatic rings. The van der Waals surface area contributed by atoms with Gasteiger partial charge >= 0.3 is 0 Å². The molecule has 0 spiro atoms. The summed E-state index contributed by atoms with van der Waals surface area (Å²) in [6.45, 7) is 0.677. The number of ether oxygens (including phenoxy) is 2. The van der Waals surface area contributed by atoms with Crippen molar-refractivity contribution < 1.29 is 14.4 Å². The van der Waals surface area contributed by atoms with E-state index in [-0.39, 0.29) is 28.9 Å². The molecular weight excluding hydrogens is 368 g/mol. The van der Waals surface area contributed by atoms with Crippen molar-refractivity contribution in [3.8, 4) is 0 Å². The van der Waals surface area contributed by atoms with E-state index in [1.165, 1.54) is 11.5 Å². The molecule has 1 aliphatic heterocycles. The molecule has 1 heterocycles. The fourth-order valence-corrected chi connectivity index (χ4v) is 4.07. The first kappa shape index (κ1) is 19.4. The van der Waals surface area contributed by atoms with E-state index in [9.17, 15) is 10.1 Å². The van der Waals surface area contributed by atoms with Gasteiger partial charge in [-0.15, -0.1) is 0 Å². The van der Waals surface area contributed by atoms with Gasteiger partial charge in [0.2, 0.25) is 0 Å². The van der Waals surface area contributed by atoms with Crippen LogP contribution in [0.1, 0.15) is 24.4 Å². The Morgan fingerprint density at radius 3 is 2.72 bits per heavy atom. The number of non-ortho nitro benzene ring substituents is 1. The lowest BCUT2D eigenvalue weighted by Crippen LogP contribution is -2.37. The van der Waals surface area contributed by atoms with Gasteiger partial charge in [0.1, 0.15) is 0 Å². The third-order valence-electron chi connectivity index (χ3n) is 5.49. The minimum absolute atomic E-state index is 0.0652. The first-order chi connectivity index (χ1) is 14.2. The second-order valence-electron chi connectivity index (χ2n) is 7.32. The van der Waals surface area contributed by atoms with Crippen molar-refractivity contribution in [1.29, 1.82) is 0 Å². The Balaban J connectivity index is 1.73. The average Bonchev–Trinajstić information content (AvgIpc) is 2.77. The third-order valence-corrected chi connectivity index (χ3v) is 5.49. The van der Waals surface area contributed by atoms with Crippen molar-refractivity contribution in [3.63, 3.8) is 0 Å². The maximum atomic E-state index is 11.2. The van der Waals surface area contributed by atoms with E-state index in [0.29, 0.717) is 12.3 Å². The number of hydrogen-bond donors (Lipinski definition) is 1. The van der Waals surface area contributed by atoms with Crippen LogP contribution in [-0.2, 0) is 9.47 Å². The highest BCUT2D eigenvalue weighted by Gasteiger charge is 2.34. The summed E-state index contributed by atoms with van der Waals surface area (Å²) in [5.74, 6) is 0.0779. The molecule has 1 N–H and O–H groups in total. The van der Waals surface area contributed by atoms with Crippen molar-refractivity contribution in [1.82, 2.24) is 0 Å². The quantitative estimate of drug-likeness (QED) is 0.455. The SMILES string of the molecule is CO[C@@H]1OCCC[C@H]1[C@@H](Nc1cccc([N+](=O)[O-])c1)c1ccc2ccccc2c1. The van der Waals surface area contributed by atoms with E-state index in [1.807, 2.05) is 18.2 Å². The molecule has 0 aliphatic carbocycles. The molecule has 0 aromatic heterocycles. The van der Waals surface area contributed by atoms with Gasteiger partial charge in [0.15, 0.2) is 6.29 Å². The van der Waals surface area contributed by atoms with E-state index < -0.39 is 0 Å². The zero-order valence-electron chi connectivity index (χ0n) is 16.3. The number of fused-ring (bicyclic) bond motifs is 1. The van der Waals surface area contributed by atoms with Gasteiger partial charge in [-0.25, -0.2) is 0 Å². The second-order valence-corrected chi connectivity index (χ2v) is 7.32. The smallest absolute Gasteiger partial charge is 0.271 e. The zero-order chi connectivity index (χ0) is 20.2. The van der Waals surface area contributed by atoms with E-state index >= 15 is 0 Å². The zero-order valence-corrected chi connectivity index (χ0v) is 16.3. The van der Waals surface area contributed by atoms with Crippen molar-refractivity contribution in [2.45, 2.75) is 25.2 Å². The summed E-state index contributed by atoms with van der Waals surface area (Å²) < 4.78 is 11.5. The minimum Gasteiger partial charge on any atom is -0.378 e. The number of benzene rings is 3. The number of anilines is 1. The minimum atomic E-state index is -0.377. The lowest BCUT2D eigenvalue weighted by Gasteiger charge is -2.37. The molecule has 0 saturated carbocycles. The number of methoxy groups -OCH3 is 1. The number of nitro groups is 1. The van der Waals surface area contributed by atoms with Crippen LogP contribution in [0.15, 0.2) is 66.7 Å². The molecule has 150 valence electrons. The summed E-state index contributed by atoms with van der Waals surface area (Å²) in [5, 5.41) is 17.0. The summed E-state index contributed by atoms with van der Waals surface area (Å²) in [5.41, 5.74) is 1.88. The van der Waals surface area contributed by atoms with Crippen LogP contribution in [0.5, 0.6) is 0 Å². The lowest BCUT2D eigenvalue weighted by molar-refractivity contribution is -0.384. The highest BCUT2D eigenvalue weighted by atomic mass is 16.7. The van der Waals surface area contributed by atoms with Crippen LogP contribution in [0.3, 0.4) is 0 Å². The van der Waals surface area contributed by atoms with Crippen LogP contribution >= 0.6 is 0 Å². The standard InChI is InChI=1S/C23H24N2O4/c1-28-23-21(10-5-13-29-23)22(24-19-8-4-9-20(15-19)25(26)27)18-12-11-16-6-2-3-7-17(16)14-18/h2-4,6-9,11-12,14-15,21-24H,5,10,13H2,1H3/t21-,22-,23+/m0/s1. The lowest BCUT2D eigenvalue weighted by atomic mass is 9.86. The Morgan fingerprint density at radius 1 is 1.10 bits per heavy atom. The molecule has 6 nitrogen and oxygen atoms in total. The van der Waals surface area contributed by atoms with Gasteiger partial charge in [0.05, 0.1) is 11.0 Å². The molecule has 3 atom stereocenters. The Bertz CT molecular complexity index is 1010. The maximum Gasteiger partial charge on any atom is 0.271 e. The number of nitrogens with one attached hydrogen (secondary N) is 1. The molecule has 4 rings (SSSR count). The maximum absolute atomic E-state index is 11.2. The fourth-order valence-electron chi connectivity index (χ4n) is 4.07. The summed E-state index contributed by atoms with van der Waals surface area (Å²) >= 11 is 0. The van der Waals surface area contributed by atoms with E-state index in [2.05, 4.69) is 35.6 Å². The fraction of sp³-hybridized carbons (Fsp3) is 0.304. The molecule has 1 saturated heterocycles. The summed E-state index contributed by atoms with van der Waals surface area (Å²) in [6, 6.07) is 21.1. The predicted octanol–water partition coefficient (Wildman–Crippen LogP) is 5.30. The Hall–Kier alpha value is -2.96. The van der Waals surface area contributed by atoms with Gasteiger partial charge in [-0.3, -0.25) is 10.1 Å². The number of hydrogen-bond acceptors (Lipinski definition) is 5. The Kier molecular flexibility index (Phi) is 5.74. The Labute approximate surface area is 169 Å². The molecule has 1 aliphatic rings. The number of rotatable bonds is 6. The molecule has 6 heteroatoms. The first-order valence-corrected chi connectivity index (χ1v) is 9.80. The summed E-state index contributed by atoms with van der Waals surface area (Å²) in [7, 11) is 1.66. The molecule has 3 aromatic carbocycles. The van der Waals surface area contributed by atoms with Crippen molar-refractivity contribution in [2.75, 3.05) is 19.0 Å². The summed E-state index contributed by atoms with van der Waals surface area (Å²) in [6.07, 6.45) is 1.56. The van der Waals surface area contributed by atoms with Gasteiger partial charge in [0, 0.05) is 37.5 Å². The molecule has 0 bridgehead atoms. The molecule has 0 unspecified atom stereocenters. The monoisotopic (exact) mass is 392 g/mol. The van der Waals surface area contributed by atoms with Crippen LogP contribution in [0.2, 0.25) is 0 Å². The molecule has 0 amide bonds. The first-order valence-electron chi connectivity index (χ1n) is 9.80. The van der Waals surface area contributed by atoms with E-state index in [4.69, 9.17) is 9.47 Å². The second kappa shape index (κ2) is 8.59. The molecule has 1 fully saturated rings. The highest BCUT2D eigenvalue weighted by molar-refractivity contribution is 5.83. The van der Waals surface area contributed by atoms with Crippen LogP contribution < -0.4 is 5.32 Å². The van der Waals surface area contributed by atoms with Crippen molar-refractivity contribution in [3.05, 3.63) is 82.4 Å². The van der Waals surface area contributed by atoms with Crippen molar-refractivity contribution in [2.24, 2.45) is 5.92 Å². The largest absolute Gasteiger partial charge is 0.378 e. The van der Waals surface area contributed by atoms with Crippen molar-refractivity contribution >= 4 is 22.1 Å². The van der Waals surface area contributed by atoms with Gasteiger partial charge in [0.25, 0.3) is 5.69 Å². The van der Waals surface area contributed by atoms with Gasteiger partial charge in [-0.2, -0.15) is 0 Å². The summed E-state index contributed by atoms with van der Waals surface area (Å²) in [4.78, 5) is 10.8. The van der Waals surface area contributed by atoms with Crippen LogP contribution in [0.4, 0.5) is 11.4 Å². The topological polar surface area (TPSA) is 73.6 Å². The number of nitrogens with zero attached hydrogens (tertiary/aromatic N) is 1. The Morgan fingerprint density at radius 2 is 1.93 bits per heavy atom. The third kappa shape index (κ3) is 4.23. The highest BCUT2D eigenvalue weighted by Crippen LogP contribution is 2.37. The molecule has 29 heavy (non-hydrogen) atoms. The van der Waals surface area contributed by atoms with Crippen LogP contribution in [-0.4, -0.2) is 24.9 Å². The van der Waals surface area contributed by atoms with Crippen LogP contribution in [0.25, 0.3) is 10.8 Å². The van der Waals surface area contributed by atoms with E-state index in [1.54, 1.807) is 19.2 Å². The molecular formula is C23H24N2O4.